The highest BCUT2D eigenvalue weighted by Gasteiger charge is 2.43. The van der Waals surface area contributed by atoms with Gasteiger partial charge in [-0.1, -0.05) is 6.92 Å². The van der Waals surface area contributed by atoms with Gasteiger partial charge >= 0.3 is 0 Å². The molecule has 0 saturated carbocycles. The van der Waals surface area contributed by atoms with E-state index in [0.29, 0.717) is 30.8 Å². The number of likely N-dealkylation sites (N-methyl/N-ethyl adjacent to an activating group) is 1. The van der Waals surface area contributed by atoms with Crippen molar-refractivity contribution in [2.24, 2.45) is 10.2 Å². The summed E-state index contributed by atoms with van der Waals surface area (Å²) in [5.41, 5.74) is -0.331. The summed E-state index contributed by atoms with van der Waals surface area (Å²) in [4.78, 5) is 17.4. The number of likely N-dealkylation sites (tertiary alicyclic amines) is 1. The molecule has 1 amide bonds. The summed E-state index contributed by atoms with van der Waals surface area (Å²) >= 11 is 0. The predicted molar refractivity (Wildman–Crippen MR) is 85.3 cm³/mol. The van der Waals surface area contributed by atoms with E-state index in [9.17, 15) is 4.79 Å². The van der Waals surface area contributed by atoms with Gasteiger partial charge in [0.2, 0.25) is 5.91 Å². The van der Waals surface area contributed by atoms with Crippen molar-refractivity contribution in [2.45, 2.75) is 69.6 Å². The van der Waals surface area contributed by atoms with Crippen LogP contribution in [0.5, 0.6) is 0 Å². The van der Waals surface area contributed by atoms with E-state index in [1.165, 1.54) is 6.42 Å². The fraction of sp³-hybridized carbons (Fsp3) is 0.824. The molecule has 0 spiro atoms. The molecule has 3 aliphatic rings. The minimum absolute atomic E-state index is 0.294. The molecular formula is C17H26N4O. The zero-order valence-electron chi connectivity index (χ0n) is 13.5. The lowest BCUT2D eigenvalue weighted by Crippen LogP contribution is -2.43. The van der Waals surface area contributed by atoms with Crippen LogP contribution in [0.4, 0.5) is 0 Å². The zero-order chi connectivity index (χ0) is 15.6. The molecule has 3 rings (SSSR count). The Labute approximate surface area is 133 Å². The van der Waals surface area contributed by atoms with Crippen molar-refractivity contribution in [2.75, 3.05) is 19.6 Å². The molecule has 5 nitrogen and oxygen atoms in total. The van der Waals surface area contributed by atoms with Crippen LogP contribution in [0.25, 0.3) is 0 Å². The van der Waals surface area contributed by atoms with E-state index in [2.05, 4.69) is 32.9 Å². The van der Waals surface area contributed by atoms with E-state index in [1.807, 2.05) is 0 Å². The number of rotatable bonds is 6. The van der Waals surface area contributed by atoms with E-state index in [-0.39, 0.29) is 5.66 Å². The molecule has 2 atom stereocenters. The van der Waals surface area contributed by atoms with Crippen LogP contribution in [0, 0.1) is 12.3 Å². The van der Waals surface area contributed by atoms with Gasteiger partial charge in [-0.05, 0) is 25.8 Å². The molecule has 2 bridgehead atoms. The molecule has 0 aliphatic carbocycles. The minimum Gasteiger partial charge on any atom is -0.335 e. The van der Waals surface area contributed by atoms with Gasteiger partial charge in [0.05, 0.1) is 0 Å². The van der Waals surface area contributed by atoms with Gasteiger partial charge in [-0.15, -0.1) is 12.3 Å². The average molecular weight is 302 g/mol. The van der Waals surface area contributed by atoms with Gasteiger partial charge in [-0.3, -0.25) is 4.79 Å². The van der Waals surface area contributed by atoms with Crippen LogP contribution in [-0.4, -0.2) is 53.1 Å². The van der Waals surface area contributed by atoms with Crippen molar-refractivity contribution in [3.8, 4) is 12.3 Å². The van der Waals surface area contributed by atoms with E-state index < -0.39 is 0 Å². The number of hydrogen-bond acceptors (Lipinski definition) is 4. The minimum atomic E-state index is -0.331. The largest absolute Gasteiger partial charge is 0.335 e. The number of nitrogens with zero attached hydrogens (tertiary/aromatic N) is 4. The van der Waals surface area contributed by atoms with Crippen molar-refractivity contribution in [1.29, 1.82) is 0 Å². The third-order valence-corrected chi connectivity index (χ3v) is 5.39. The summed E-state index contributed by atoms with van der Waals surface area (Å²) in [5.74, 6) is 2.93. The third kappa shape index (κ3) is 3.17. The topological polar surface area (TPSA) is 48.3 Å². The standard InChI is InChI=1S/C17H26N4O/c1-3-5-10-17(18-19-17)11-8-16(22)21-14-6-7-15(21)13-20(4-2)12-9-14/h1,14-15H,4-13H2,2H3. The predicted octanol–water partition coefficient (Wildman–Crippen LogP) is 2.43. The maximum atomic E-state index is 12.7. The Morgan fingerprint density at radius 2 is 2.05 bits per heavy atom. The van der Waals surface area contributed by atoms with Crippen LogP contribution >= 0.6 is 0 Å². The van der Waals surface area contributed by atoms with E-state index in [4.69, 9.17) is 6.42 Å². The van der Waals surface area contributed by atoms with Crippen LogP contribution in [0.15, 0.2) is 10.2 Å². The first-order chi connectivity index (χ1) is 10.7. The molecule has 120 valence electrons. The van der Waals surface area contributed by atoms with Crippen LogP contribution in [0.2, 0.25) is 0 Å². The molecule has 2 unspecified atom stereocenters. The maximum Gasteiger partial charge on any atom is 0.223 e. The number of hydrogen-bond donors (Lipinski definition) is 0. The summed E-state index contributed by atoms with van der Waals surface area (Å²) in [7, 11) is 0. The van der Waals surface area contributed by atoms with Crippen LogP contribution < -0.4 is 0 Å². The monoisotopic (exact) mass is 302 g/mol. The molecule has 0 aromatic rings. The Hall–Kier alpha value is -1.41. The summed E-state index contributed by atoms with van der Waals surface area (Å²) in [6.45, 7) is 5.45. The van der Waals surface area contributed by atoms with Gasteiger partial charge in [0.25, 0.3) is 0 Å². The number of carbonyl (C=O) groups excluding carboxylic acids is 1. The Morgan fingerprint density at radius 3 is 2.73 bits per heavy atom. The Kier molecular flexibility index (Phi) is 4.49. The zero-order valence-corrected chi connectivity index (χ0v) is 13.5. The normalized spacial score (nSPS) is 29.2. The lowest BCUT2D eigenvalue weighted by molar-refractivity contribution is -0.134. The molecule has 0 radical (unpaired) electrons. The second kappa shape index (κ2) is 6.37. The van der Waals surface area contributed by atoms with Gasteiger partial charge in [-0.25, -0.2) is 0 Å². The molecule has 0 aromatic heterocycles. The molecule has 0 N–H and O–H groups in total. The van der Waals surface area contributed by atoms with Gasteiger partial charge in [0.1, 0.15) is 0 Å². The van der Waals surface area contributed by atoms with E-state index in [0.717, 1.165) is 45.3 Å². The van der Waals surface area contributed by atoms with Crippen molar-refractivity contribution in [3.05, 3.63) is 0 Å². The smallest absolute Gasteiger partial charge is 0.223 e. The SMILES string of the molecule is C#CCCC1(CCC(=O)N2C3CCC2CN(CC)CC3)N=N1. The van der Waals surface area contributed by atoms with Crippen molar-refractivity contribution in [1.82, 2.24) is 9.80 Å². The number of fused-ring (bicyclic) bond motifs is 2. The number of carbonyl (C=O) groups is 1. The van der Waals surface area contributed by atoms with Gasteiger partial charge in [-0.2, -0.15) is 10.2 Å². The highest BCUT2D eigenvalue weighted by molar-refractivity contribution is 5.77. The Bertz CT molecular complexity index is 489. The van der Waals surface area contributed by atoms with Gasteiger partial charge < -0.3 is 9.80 Å². The lowest BCUT2D eigenvalue weighted by Gasteiger charge is -2.29. The summed E-state index contributed by atoms with van der Waals surface area (Å²) in [5, 5.41) is 8.27. The molecular weight excluding hydrogens is 276 g/mol. The molecule has 3 aliphatic heterocycles. The first-order valence-electron chi connectivity index (χ1n) is 8.58. The fourth-order valence-electron chi connectivity index (χ4n) is 3.94. The first kappa shape index (κ1) is 15.5. The van der Waals surface area contributed by atoms with Crippen LogP contribution in [0.3, 0.4) is 0 Å². The molecule has 2 saturated heterocycles. The summed E-state index contributed by atoms with van der Waals surface area (Å²) in [6.07, 6.45) is 11.5. The maximum absolute atomic E-state index is 12.7. The van der Waals surface area contributed by atoms with Crippen LogP contribution in [0.1, 0.15) is 51.9 Å². The Morgan fingerprint density at radius 1 is 1.27 bits per heavy atom. The molecule has 2 fully saturated rings. The number of amides is 1. The Balaban J connectivity index is 1.55. The van der Waals surface area contributed by atoms with Gasteiger partial charge in [0, 0.05) is 50.9 Å². The van der Waals surface area contributed by atoms with Crippen molar-refractivity contribution < 1.29 is 4.79 Å². The van der Waals surface area contributed by atoms with E-state index >= 15 is 0 Å². The summed E-state index contributed by atoms with van der Waals surface area (Å²) < 4.78 is 0. The highest BCUT2D eigenvalue weighted by Crippen LogP contribution is 2.38. The number of terminal acetylenes is 1. The second-order valence-corrected chi connectivity index (χ2v) is 6.75. The quantitative estimate of drug-likeness (QED) is 0.708. The first-order valence-corrected chi connectivity index (χ1v) is 8.58. The van der Waals surface area contributed by atoms with Crippen molar-refractivity contribution >= 4 is 5.91 Å². The molecule has 5 heteroatoms. The lowest BCUT2D eigenvalue weighted by atomic mass is 10.0. The van der Waals surface area contributed by atoms with Gasteiger partial charge in [0.15, 0.2) is 5.66 Å². The highest BCUT2D eigenvalue weighted by atomic mass is 16.2. The third-order valence-electron chi connectivity index (χ3n) is 5.39. The fourth-order valence-corrected chi connectivity index (χ4v) is 3.94. The molecule has 0 aromatic carbocycles. The van der Waals surface area contributed by atoms with Crippen LogP contribution in [-0.2, 0) is 4.79 Å². The summed E-state index contributed by atoms with van der Waals surface area (Å²) in [6, 6.07) is 0.860. The van der Waals surface area contributed by atoms with E-state index in [1.54, 1.807) is 0 Å². The second-order valence-electron chi connectivity index (χ2n) is 6.75. The molecule has 3 heterocycles. The average Bonchev–Trinajstić information content (AvgIpc) is 3.21. The van der Waals surface area contributed by atoms with Crippen molar-refractivity contribution in [3.63, 3.8) is 0 Å². The molecule has 22 heavy (non-hydrogen) atoms.